The van der Waals surface area contributed by atoms with Gasteiger partial charge in [-0.05, 0) is 42.0 Å². The molecule has 0 bridgehead atoms. The highest BCUT2D eigenvalue weighted by molar-refractivity contribution is 7.98. The molecule has 3 rings (SSSR count). The Hall–Kier alpha value is -1.62. The maximum Gasteiger partial charge on any atom is 0.168 e. The van der Waals surface area contributed by atoms with Crippen molar-refractivity contribution in [3.8, 4) is 17.0 Å². The van der Waals surface area contributed by atoms with Crippen LogP contribution in [-0.2, 0) is 12.8 Å². The zero-order valence-corrected chi connectivity index (χ0v) is 15.6. The van der Waals surface area contributed by atoms with Crippen LogP contribution in [0.25, 0.3) is 11.3 Å². The van der Waals surface area contributed by atoms with Crippen LogP contribution in [0.15, 0.2) is 53.8 Å². The summed E-state index contributed by atoms with van der Waals surface area (Å²) in [5.74, 6) is 1.62. The monoisotopic (exact) mass is 378 g/mol. The molecule has 2 aromatic carbocycles. The highest BCUT2D eigenvalue weighted by Crippen LogP contribution is 2.30. The zero-order valence-electron chi connectivity index (χ0n) is 13.3. The van der Waals surface area contributed by atoms with Crippen molar-refractivity contribution in [2.75, 3.05) is 7.11 Å². The lowest BCUT2D eigenvalue weighted by atomic mass is 10.1. The molecule has 24 heavy (non-hydrogen) atoms. The number of hydrogen-bond donors (Lipinski definition) is 0. The van der Waals surface area contributed by atoms with Crippen LogP contribution in [0.5, 0.6) is 5.75 Å². The van der Waals surface area contributed by atoms with Crippen molar-refractivity contribution in [2.24, 2.45) is 7.05 Å². The molecule has 0 fully saturated rings. The predicted molar refractivity (Wildman–Crippen MR) is 101 cm³/mol. The van der Waals surface area contributed by atoms with Crippen LogP contribution in [-0.4, -0.2) is 16.7 Å². The highest BCUT2D eigenvalue weighted by Gasteiger charge is 2.10. The van der Waals surface area contributed by atoms with E-state index in [-0.39, 0.29) is 0 Å². The Bertz CT molecular complexity index is 847. The number of benzene rings is 2. The van der Waals surface area contributed by atoms with E-state index in [1.54, 1.807) is 18.9 Å². The molecule has 0 aliphatic carbocycles. The molecule has 0 saturated carbocycles. The third-order valence-corrected chi connectivity index (χ3v) is 5.54. The second-order valence-corrected chi connectivity index (χ2v) is 7.01. The smallest absolute Gasteiger partial charge is 0.168 e. The van der Waals surface area contributed by atoms with E-state index in [0.29, 0.717) is 10.0 Å². The van der Waals surface area contributed by atoms with Gasteiger partial charge in [0.15, 0.2) is 5.16 Å². The minimum atomic E-state index is 0.573. The summed E-state index contributed by atoms with van der Waals surface area (Å²) in [6.07, 6.45) is 1.89. The number of halogens is 2. The Morgan fingerprint density at radius 3 is 2.50 bits per heavy atom. The quantitative estimate of drug-likeness (QED) is 0.533. The summed E-state index contributed by atoms with van der Waals surface area (Å²) in [5, 5.41) is 2.10. The van der Waals surface area contributed by atoms with Gasteiger partial charge in [-0.2, -0.15) is 0 Å². The second-order valence-electron chi connectivity index (χ2n) is 5.25. The van der Waals surface area contributed by atoms with Crippen molar-refractivity contribution in [1.82, 2.24) is 9.55 Å². The Kier molecular flexibility index (Phi) is 5.39. The Morgan fingerprint density at radius 1 is 1.08 bits per heavy atom. The van der Waals surface area contributed by atoms with Gasteiger partial charge in [0.25, 0.3) is 0 Å². The van der Waals surface area contributed by atoms with Gasteiger partial charge in [0.1, 0.15) is 5.75 Å². The molecule has 0 atom stereocenters. The maximum atomic E-state index is 6.06. The van der Waals surface area contributed by atoms with Crippen molar-refractivity contribution in [2.45, 2.75) is 10.9 Å². The lowest BCUT2D eigenvalue weighted by Gasteiger charge is -2.07. The van der Waals surface area contributed by atoms with Gasteiger partial charge in [-0.15, -0.1) is 0 Å². The molecular weight excluding hydrogens is 363 g/mol. The van der Waals surface area contributed by atoms with Gasteiger partial charge in [0.2, 0.25) is 0 Å². The van der Waals surface area contributed by atoms with Gasteiger partial charge in [0.05, 0.1) is 29.0 Å². The molecule has 0 N–H and O–H groups in total. The first-order chi connectivity index (χ1) is 11.6. The standard InChI is InChI=1S/C18H16Cl2N2OS/c1-22-17(13-4-6-14(23-2)7-5-13)10-21-18(22)24-11-12-3-8-15(19)16(20)9-12/h3-10H,11H2,1-2H3. The van der Waals surface area contributed by atoms with Crippen molar-refractivity contribution in [1.29, 1.82) is 0 Å². The number of ether oxygens (including phenoxy) is 1. The number of nitrogens with zero attached hydrogens (tertiary/aromatic N) is 2. The van der Waals surface area contributed by atoms with Gasteiger partial charge in [-0.1, -0.05) is 41.0 Å². The SMILES string of the molecule is COc1ccc(-c2cnc(SCc3ccc(Cl)c(Cl)c3)n2C)cc1. The lowest BCUT2D eigenvalue weighted by Crippen LogP contribution is -1.94. The average molecular weight is 379 g/mol. The molecule has 0 saturated heterocycles. The topological polar surface area (TPSA) is 27.1 Å². The van der Waals surface area contributed by atoms with Crippen molar-refractivity contribution in [3.63, 3.8) is 0 Å². The molecule has 1 heterocycles. The number of imidazole rings is 1. The first-order valence-corrected chi connectivity index (χ1v) is 9.05. The summed E-state index contributed by atoms with van der Waals surface area (Å²) >= 11 is 13.7. The van der Waals surface area contributed by atoms with Crippen LogP contribution in [0, 0.1) is 0 Å². The molecule has 0 radical (unpaired) electrons. The second kappa shape index (κ2) is 7.51. The summed E-state index contributed by atoms with van der Waals surface area (Å²) in [4.78, 5) is 4.53. The molecule has 3 nitrogen and oxygen atoms in total. The molecule has 0 spiro atoms. The fourth-order valence-corrected chi connectivity index (χ4v) is 3.55. The third kappa shape index (κ3) is 3.72. The van der Waals surface area contributed by atoms with E-state index >= 15 is 0 Å². The van der Waals surface area contributed by atoms with E-state index < -0.39 is 0 Å². The number of aromatic nitrogens is 2. The minimum absolute atomic E-state index is 0.573. The van der Waals surface area contributed by atoms with Crippen LogP contribution < -0.4 is 4.74 Å². The highest BCUT2D eigenvalue weighted by atomic mass is 35.5. The van der Waals surface area contributed by atoms with Crippen molar-refractivity contribution in [3.05, 3.63) is 64.3 Å². The van der Waals surface area contributed by atoms with Gasteiger partial charge >= 0.3 is 0 Å². The molecule has 0 unspecified atom stereocenters. The molecule has 0 aliphatic rings. The van der Waals surface area contributed by atoms with Crippen LogP contribution in [0.1, 0.15) is 5.56 Å². The summed E-state index contributed by atoms with van der Waals surface area (Å²) in [5.41, 5.74) is 3.28. The molecule has 3 aromatic rings. The van der Waals surface area contributed by atoms with Gasteiger partial charge in [-0.25, -0.2) is 4.98 Å². The molecule has 0 amide bonds. The molecular formula is C18H16Cl2N2OS. The largest absolute Gasteiger partial charge is 0.497 e. The van der Waals surface area contributed by atoms with Crippen molar-refractivity contribution >= 4 is 35.0 Å². The summed E-state index contributed by atoms with van der Waals surface area (Å²) in [6.45, 7) is 0. The van der Waals surface area contributed by atoms with Crippen LogP contribution in [0.2, 0.25) is 10.0 Å². The van der Waals surface area contributed by atoms with E-state index in [1.165, 1.54) is 0 Å². The number of rotatable bonds is 5. The maximum absolute atomic E-state index is 6.06. The van der Waals surface area contributed by atoms with E-state index in [2.05, 4.69) is 9.55 Å². The minimum Gasteiger partial charge on any atom is -0.497 e. The van der Waals surface area contributed by atoms with Crippen LogP contribution in [0.3, 0.4) is 0 Å². The van der Waals surface area contributed by atoms with E-state index in [4.69, 9.17) is 27.9 Å². The Morgan fingerprint density at radius 2 is 1.83 bits per heavy atom. The first kappa shape index (κ1) is 17.2. The summed E-state index contributed by atoms with van der Waals surface area (Å²) < 4.78 is 7.29. The van der Waals surface area contributed by atoms with E-state index in [1.807, 2.05) is 55.7 Å². The molecule has 0 aliphatic heterocycles. The summed E-state index contributed by atoms with van der Waals surface area (Å²) in [6, 6.07) is 13.7. The van der Waals surface area contributed by atoms with Gasteiger partial charge in [0, 0.05) is 18.4 Å². The normalized spacial score (nSPS) is 10.8. The third-order valence-electron chi connectivity index (χ3n) is 3.68. The number of hydrogen-bond acceptors (Lipinski definition) is 3. The van der Waals surface area contributed by atoms with E-state index in [9.17, 15) is 0 Å². The fourth-order valence-electron chi connectivity index (χ4n) is 2.33. The van der Waals surface area contributed by atoms with Gasteiger partial charge < -0.3 is 9.30 Å². The van der Waals surface area contributed by atoms with Crippen LogP contribution in [0.4, 0.5) is 0 Å². The predicted octanol–water partition coefficient (Wildman–Crippen LogP) is 5.69. The van der Waals surface area contributed by atoms with Crippen molar-refractivity contribution < 1.29 is 4.74 Å². The molecule has 1 aromatic heterocycles. The average Bonchev–Trinajstić information content (AvgIpc) is 2.97. The zero-order chi connectivity index (χ0) is 17.1. The Balaban J connectivity index is 1.75. The molecule has 6 heteroatoms. The number of methoxy groups -OCH3 is 1. The lowest BCUT2D eigenvalue weighted by molar-refractivity contribution is 0.415. The molecule has 124 valence electrons. The fraction of sp³-hybridized carbons (Fsp3) is 0.167. The summed E-state index contributed by atoms with van der Waals surface area (Å²) in [7, 11) is 3.68. The number of thioether (sulfide) groups is 1. The Labute approximate surface area is 155 Å². The van der Waals surface area contributed by atoms with Crippen LogP contribution >= 0.6 is 35.0 Å². The first-order valence-electron chi connectivity index (χ1n) is 7.31. The van der Waals surface area contributed by atoms with Gasteiger partial charge in [-0.3, -0.25) is 0 Å². The van der Waals surface area contributed by atoms with E-state index in [0.717, 1.165) is 33.5 Å².